The zero-order valence-corrected chi connectivity index (χ0v) is 13.5. The first-order valence-electron chi connectivity index (χ1n) is 8.22. The van der Waals surface area contributed by atoms with Gasteiger partial charge in [0, 0.05) is 28.4 Å². The van der Waals surface area contributed by atoms with Crippen LogP contribution in [0.1, 0.15) is 38.7 Å². The summed E-state index contributed by atoms with van der Waals surface area (Å²) in [5.41, 5.74) is 3.54. The van der Waals surface area contributed by atoms with E-state index >= 15 is 0 Å². The fourth-order valence-electron chi connectivity index (χ4n) is 3.18. The second-order valence-corrected chi connectivity index (χ2v) is 6.20. The van der Waals surface area contributed by atoms with Crippen LogP contribution in [-0.2, 0) is 6.54 Å². The summed E-state index contributed by atoms with van der Waals surface area (Å²) in [7, 11) is 0. The number of nitrogens with zero attached hydrogens (tertiary/aromatic N) is 1. The highest BCUT2D eigenvalue weighted by molar-refractivity contribution is 6.08. The van der Waals surface area contributed by atoms with Gasteiger partial charge in [0.05, 0.1) is 5.52 Å². The largest absolute Gasteiger partial charge is 0.340 e. The van der Waals surface area contributed by atoms with Crippen molar-refractivity contribution in [2.75, 3.05) is 0 Å². The standard InChI is InChI=1S/C21H23N/c1-4-16(3)9-8-14-22-20-11-7-6-10-18(20)19-13-12-17(5-2)15-21(19)22/h2,6-7,10-13,15-16H,4,8-9,14H2,1,3H3/t16-/m0/s1. The van der Waals surface area contributed by atoms with Crippen molar-refractivity contribution in [3.05, 3.63) is 48.0 Å². The van der Waals surface area contributed by atoms with Gasteiger partial charge in [-0.25, -0.2) is 0 Å². The fraction of sp³-hybridized carbons (Fsp3) is 0.333. The lowest BCUT2D eigenvalue weighted by atomic mass is 10.0. The molecule has 0 N–H and O–H groups in total. The Hall–Kier alpha value is -2.20. The first kappa shape index (κ1) is 14.7. The zero-order valence-electron chi connectivity index (χ0n) is 13.5. The minimum absolute atomic E-state index is 0.800. The van der Waals surface area contributed by atoms with E-state index in [2.05, 4.69) is 60.7 Å². The summed E-state index contributed by atoms with van der Waals surface area (Å²) in [4.78, 5) is 0. The average molecular weight is 289 g/mol. The van der Waals surface area contributed by atoms with Gasteiger partial charge in [-0.3, -0.25) is 0 Å². The normalized spacial score (nSPS) is 12.6. The Morgan fingerprint density at radius 2 is 1.86 bits per heavy atom. The number of rotatable bonds is 5. The molecule has 1 nitrogen and oxygen atoms in total. The molecule has 112 valence electrons. The number of benzene rings is 2. The van der Waals surface area contributed by atoms with Crippen LogP contribution in [0.5, 0.6) is 0 Å². The third-order valence-electron chi connectivity index (χ3n) is 4.72. The fourth-order valence-corrected chi connectivity index (χ4v) is 3.18. The predicted octanol–water partition coefficient (Wildman–Crippen LogP) is 5.60. The lowest BCUT2D eigenvalue weighted by Crippen LogP contribution is -2.01. The summed E-state index contributed by atoms with van der Waals surface area (Å²) in [6, 6.07) is 15.0. The van der Waals surface area contributed by atoms with Crippen molar-refractivity contribution in [2.24, 2.45) is 5.92 Å². The third kappa shape index (κ3) is 2.62. The molecule has 1 heteroatoms. The smallest absolute Gasteiger partial charge is 0.0503 e. The molecule has 0 unspecified atom stereocenters. The maximum Gasteiger partial charge on any atom is 0.0503 e. The zero-order chi connectivity index (χ0) is 15.5. The molecule has 3 aromatic rings. The summed E-state index contributed by atoms with van der Waals surface area (Å²) >= 11 is 0. The molecule has 0 saturated carbocycles. The molecule has 2 aromatic carbocycles. The van der Waals surface area contributed by atoms with Crippen LogP contribution in [0.25, 0.3) is 21.8 Å². The van der Waals surface area contributed by atoms with Crippen molar-refractivity contribution < 1.29 is 0 Å². The Labute approximate surface area is 132 Å². The lowest BCUT2D eigenvalue weighted by Gasteiger charge is -2.11. The summed E-state index contributed by atoms with van der Waals surface area (Å²) in [6.07, 6.45) is 9.33. The molecule has 0 aliphatic carbocycles. The Morgan fingerprint density at radius 1 is 1.09 bits per heavy atom. The summed E-state index contributed by atoms with van der Waals surface area (Å²) in [6.45, 7) is 5.66. The van der Waals surface area contributed by atoms with Gasteiger partial charge in [0.15, 0.2) is 0 Å². The number of terminal acetylenes is 1. The number of fused-ring (bicyclic) bond motifs is 3. The second kappa shape index (κ2) is 6.28. The van der Waals surface area contributed by atoms with Crippen LogP contribution < -0.4 is 0 Å². The highest BCUT2D eigenvalue weighted by Gasteiger charge is 2.10. The molecule has 0 aliphatic rings. The van der Waals surface area contributed by atoms with Gasteiger partial charge >= 0.3 is 0 Å². The van der Waals surface area contributed by atoms with Gasteiger partial charge < -0.3 is 4.57 Å². The molecule has 0 fully saturated rings. The number of para-hydroxylation sites is 1. The van der Waals surface area contributed by atoms with Crippen LogP contribution in [0.2, 0.25) is 0 Å². The molecule has 1 heterocycles. The monoisotopic (exact) mass is 289 g/mol. The molecule has 22 heavy (non-hydrogen) atoms. The SMILES string of the molecule is C#Cc1ccc2c3ccccc3n(CCC[C@@H](C)CC)c2c1. The van der Waals surface area contributed by atoms with Gasteiger partial charge in [0.25, 0.3) is 0 Å². The Kier molecular flexibility index (Phi) is 4.20. The van der Waals surface area contributed by atoms with E-state index in [-0.39, 0.29) is 0 Å². The number of hydrogen-bond donors (Lipinski definition) is 0. The van der Waals surface area contributed by atoms with Crippen LogP contribution in [0, 0.1) is 18.3 Å². The predicted molar refractivity (Wildman–Crippen MR) is 96.1 cm³/mol. The highest BCUT2D eigenvalue weighted by Crippen LogP contribution is 2.30. The third-order valence-corrected chi connectivity index (χ3v) is 4.72. The van der Waals surface area contributed by atoms with Crippen LogP contribution >= 0.6 is 0 Å². The van der Waals surface area contributed by atoms with E-state index < -0.39 is 0 Å². The summed E-state index contributed by atoms with van der Waals surface area (Å²) in [5.74, 6) is 3.56. The molecule has 3 rings (SSSR count). The van der Waals surface area contributed by atoms with E-state index in [1.165, 1.54) is 41.1 Å². The first-order valence-corrected chi connectivity index (χ1v) is 8.22. The Balaban J connectivity index is 2.06. The van der Waals surface area contributed by atoms with Crippen molar-refractivity contribution in [1.29, 1.82) is 0 Å². The molecule has 0 radical (unpaired) electrons. The Morgan fingerprint density at radius 3 is 2.64 bits per heavy atom. The van der Waals surface area contributed by atoms with Crippen LogP contribution in [0.4, 0.5) is 0 Å². The number of aromatic nitrogens is 1. The van der Waals surface area contributed by atoms with E-state index in [0.29, 0.717) is 0 Å². The molecular formula is C21H23N. The Bertz CT molecular complexity index is 832. The summed E-state index contributed by atoms with van der Waals surface area (Å²) in [5, 5.41) is 2.63. The maximum absolute atomic E-state index is 5.58. The van der Waals surface area contributed by atoms with E-state index in [4.69, 9.17) is 6.42 Å². The van der Waals surface area contributed by atoms with Crippen molar-refractivity contribution in [2.45, 2.75) is 39.7 Å². The second-order valence-electron chi connectivity index (χ2n) is 6.20. The van der Waals surface area contributed by atoms with Crippen molar-refractivity contribution in [3.8, 4) is 12.3 Å². The van der Waals surface area contributed by atoms with Crippen LogP contribution in [0.15, 0.2) is 42.5 Å². The minimum atomic E-state index is 0.800. The van der Waals surface area contributed by atoms with Crippen molar-refractivity contribution in [1.82, 2.24) is 4.57 Å². The molecule has 0 saturated heterocycles. The van der Waals surface area contributed by atoms with E-state index in [0.717, 1.165) is 18.0 Å². The molecular weight excluding hydrogens is 266 g/mol. The van der Waals surface area contributed by atoms with Crippen LogP contribution in [0.3, 0.4) is 0 Å². The van der Waals surface area contributed by atoms with Gasteiger partial charge in [-0.05, 0) is 37.0 Å². The van der Waals surface area contributed by atoms with E-state index in [9.17, 15) is 0 Å². The molecule has 0 spiro atoms. The first-order chi connectivity index (χ1) is 10.7. The van der Waals surface area contributed by atoms with Gasteiger partial charge in [-0.15, -0.1) is 6.42 Å². The minimum Gasteiger partial charge on any atom is -0.340 e. The van der Waals surface area contributed by atoms with Crippen LogP contribution in [-0.4, -0.2) is 4.57 Å². The number of hydrogen-bond acceptors (Lipinski definition) is 0. The highest BCUT2D eigenvalue weighted by atomic mass is 15.0. The molecule has 0 bridgehead atoms. The quantitative estimate of drug-likeness (QED) is 0.539. The van der Waals surface area contributed by atoms with E-state index in [1.54, 1.807) is 0 Å². The molecule has 1 aromatic heterocycles. The lowest BCUT2D eigenvalue weighted by molar-refractivity contribution is 0.474. The average Bonchev–Trinajstić information content (AvgIpc) is 2.88. The molecule has 0 aliphatic heterocycles. The van der Waals surface area contributed by atoms with E-state index in [1.807, 2.05) is 6.07 Å². The van der Waals surface area contributed by atoms with Gasteiger partial charge in [0.2, 0.25) is 0 Å². The van der Waals surface area contributed by atoms with Gasteiger partial charge in [0.1, 0.15) is 0 Å². The van der Waals surface area contributed by atoms with Crippen molar-refractivity contribution in [3.63, 3.8) is 0 Å². The molecule has 1 atom stereocenters. The van der Waals surface area contributed by atoms with Crippen molar-refractivity contribution >= 4 is 21.8 Å². The topological polar surface area (TPSA) is 4.93 Å². The molecule has 0 amide bonds. The number of aryl methyl sites for hydroxylation is 1. The maximum atomic E-state index is 5.58. The van der Waals surface area contributed by atoms with Gasteiger partial charge in [-0.2, -0.15) is 0 Å². The summed E-state index contributed by atoms with van der Waals surface area (Å²) < 4.78 is 2.44. The van der Waals surface area contributed by atoms with Gasteiger partial charge in [-0.1, -0.05) is 50.5 Å².